The minimum atomic E-state index is -0.0592. The highest BCUT2D eigenvalue weighted by Crippen LogP contribution is 2.34. The predicted octanol–water partition coefficient (Wildman–Crippen LogP) is 6.07. The molecule has 45 heavy (non-hydrogen) atoms. The van der Waals surface area contributed by atoms with Crippen molar-refractivity contribution in [2.75, 3.05) is 54.1 Å². The van der Waals surface area contributed by atoms with Crippen molar-refractivity contribution in [1.82, 2.24) is 15.0 Å². The van der Waals surface area contributed by atoms with E-state index in [9.17, 15) is 0 Å². The summed E-state index contributed by atoms with van der Waals surface area (Å²) in [7, 11) is 5.45. The highest BCUT2D eigenvalue weighted by Gasteiger charge is 2.25. The van der Waals surface area contributed by atoms with E-state index in [0.29, 0.717) is 38.8 Å². The summed E-state index contributed by atoms with van der Waals surface area (Å²) in [6.07, 6.45) is 4.31. The van der Waals surface area contributed by atoms with E-state index in [2.05, 4.69) is 52.3 Å². The van der Waals surface area contributed by atoms with Crippen molar-refractivity contribution in [2.45, 2.75) is 51.7 Å². The second-order valence-corrected chi connectivity index (χ2v) is 12.1. The summed E-state index contributed by atoms with van der Waals surface area (Å²) in [4.78, 5) is 4.71. The van der Waals surface area contributed by atoms with Gasteiger partial charge >= 0.3 is 0 Å². The van der Waals surface area contributed by atoms with Gasteiger partial charge in [-0.2, -0.15) is 0 Å². The van der Waals surface area contributed by atoms with E-state index in [1.165, 1.54) is 12.8 Å². The third-order valence-corrected chi connectivity index (χ3v) is 8.97. The molecule has 3 heterocycles. The number of likely N-dealkylation sites (tertiary alicyclic amines) is 1. The molecular formula is C36H45N3O6. The zero-order chi connectivity index (χ0) is 31.0. The number of benzene rings is 3. The Kier molecular flexibility index (Phi) is 10.5. The van der Waals surface area contributed by atoms with Crippen LogP contribution in [-0.4, -0.2) is 75.4 Å². The lowest BCUT2D eigenvalue weighted by molar-refractivity contribution is -0.0661. The van der Waals surface area contributed by atoms with Crippen molar-refractivity contribution in [3.05, 3.63) is 83.0 Å². The Labute approximate surface area is 265 Å². The van der Waals surface area contributed by atoms with Gasteiger partial charge in [-0.3, -0.25) is 9.80 Å². The van der Waals surface area contributed by atoms with Gasteiger partial charge in [-0.15, -0.1) is 0 Å². The molecule has 0 unspecified atom stereocenters. The number of fused-ring (bicyclic) bond motifs is 1. The van der Waals surface area contributed by atoms with Crippen LogP contribution in [0.4, 0.5) is 0 Å². The zero-order valence-corrected chi connectivity index (χ0v) is 26.7. The van der Waals surface area contributed by atoms with E-state index in [-0.39, 0.29) is 6.29 Å². The Morgan fingerprint density at radius 1 is 0.911 bits per heavy atom. The number of hydrogen-bond acceptors (Lipinski definition) is 9. The van der Waals surface area contributed by atoms with E-state index in [1.54, 1.807) is 14.2 Å². The first kappa shape index (κ1) is 31.4. The number of aryl methyl sites for hydroxylation is 1. The summed E-state index contributed by atoms with van der Waals surface area (Å²) < 4.78 is 34.8. The predicted molar refractivity (Wildman–Crippen MR) is 173 cm³/mol. The molecule has 2 fully saturated rings. The van der Waals surface area contributed by atoms with Crippen molar-refractivity contribution >= 4 is 11.0 Å². The average Bonchev–Trinajstić information content (AvgIpc) is 3.75. The van der Waals surface area contributed by atoms with E-state index >= 15 is 0 Å². The monoisotopic (exact) mass is 615 g/mol. The van der Waals surface area contributed by atoms with Crippen molar-refractivity contribution in [1.29, 1.82) is 0 Å². The molecule has 0 bridgehead atoms. The maximum atomic E-state index is 6.40. The van der Waals surface area contributed by atoms with Gasteiger partial charge < -0.3 is 28.2 Å². The van der Waals surface area contributed by atoms with Crippen molar-refractivity contribution in [3.8, 4) is 17.2 Å². The summed E-state index contributed by atoms with van der Waals surface area (Å²) >= 11 is 0. The largest absolute Gasteiger partial charge is 0.497 e. The maximum absolute atomic E-state index is 6.40. The van der Waals surface area contributed by atoms with E-state index < -0.39 is 0 Å². The van der Waals surface area contributed by atoms with E-state index in [4.69, 9.17) is 28.2 Å². The number of ether oxygens (including phenoxy) is 5. The smallest absolute Gasteiger partial charge is 0.175 e. The highest BCUT2D eigenvalue weighted by molar-refractivity contribution is 5.84. The number of piperidine rings is 1. The normalized spacial score (nSPS) is 16.5. The Hall–Kier alpha value is -3.63. The fourth-order valence-electron chi connectivity index (χ4n) is 6.41. The van der Waals surface area contributed by atoms with Gasteiger partial charge in [0.2, 0.25) is 0 Å². The van der Waals surface area contributed by atoms with Crippen LogP contribution >= 0.6 is 0 Å². The molecule has 9 nitrogen and oxygen atoms in total. The summed E-state index contributed by atoms with van der Waals surface area (Å²) in [5, 5.41) is 5.66. The molecule has 0 atom stereocenters. The molecule has 0 radical (unpaired) electrons. The SMILES string of the molecule is COc1ccc(CN(C)Cc2c(OCc3ccccc3)ccc3c(CCC4CCN(CC5OCCO5)CC4)noc23)c(OC)c1. The maximum Gasteiger partial charge on any atom is 0.175 e. The molecule has 3 aromatic carbocycles. The van der Waals surface area contributed by atoms with E-state index in [0.717, 1.165) is 83.1 Å². The van der Waals surface area contributed by atoms with Crippen LogP contribution in [0.25, 0.3) is 11.0 Å². The van der Waals surface area contributed by atoms with Crippen molar-refractivity contribution in [2.24, 2.45) is 5.92 Å². The van der Waals surface area contributed by atoms with Gasteiger partial charge in [0.1, 0.15) is 23.9 Å². The molecule has 2 saturated heterocycles. The molecule has 0 amide bonds. The van der Waals surface area contributed by atoms with Crippen LogP contribution in [0, 0.1) is 5.92 Å². The molecule has 0 N–H and O–H groups in total. The summed E-state index contributed by atoms with van der Waals surface area (Å²) in [5.41, 5.74) is 5.02. The lowest BCUT2D eigenvalue weighted by Crippen LogP contribution is -2.39. The molecule has 240 valence electrons. The van der Waals surface area contributed by atoms with Crippen LogP contribution in [0.3, 0.4) is 0 Å². The fourth-order valence-corrected chi connectivity index (χ4v) is 6.41. The first-order chi connectivity index (χ1) is 22.1. The van der Waals surface area contributed by atoms with Gasteiger partial charge in [0.25, 0.3) is 0 Å². The summed E-state index contributed by atoms with van der Waals surface area (Å²) in [6.45, 7) is 6.26. The van der Waals surface area contributed by atoms with Crippen LogP contribution in [0.2, 0.25) is 0 Å². The number of nitrogens with zero attached hydrogens (tertiary/aromatic N) is 3. The molecular weight excluding hydrogens is 570 g/mol. The molecule has 0 saturated carbocycles. The van der Waals surface area contributed by atoms with Crippen molar-refractivity contribution < 1.29 is 28.2 Å². The van der Waals surface area contributed by atoms with Gasteiger partial charge in [0.05, 0.1) is 38.7 Å². The zero-order valence-electron chi connectivity index (χ0n) is 26.7. The molecule has 2 aliphatic heterocycles. The summed E-state index contributed by atoms with van der Waals surface area (Å²) in [5.74, 6) is 3.06. The van der Waals surface area contributed by atoms with Crippen LogP contribution < -0.4 is 14.2 Å². The lowest BCUT2D eigenvalue weighted by atomic mass is 9.91. The first-order valence-corrected chi connectivity index (χ1v) is 16.0. The second-order valence-electron chi connectivity index (χ2n) is 12.1. The number of aromatic nitrogens is 1. The average molecular weight is 616 g/mol. The minimum Gasteiger partial charge on any atom is -0.497 e. The number of rotatable bonds is 14. The standard InChI is InChI=1S/C36H45N3O6/c1-38(22-28-10-11-29(40-2)21-34(28)41-3)23-31-33(44-25-27-7-5-4-6-8-27)14-12-30-32(37-45-36(30)31)13-9-26-15-17-39(18-16-26)24-35-42-19-20-43-35/h4-8,10-12,14,21,26,35H,9,13,15-20,22-25H2,1-3H3. The first-order valence-electron chi connectivity index (χ1n) is 16.0. The highest BCUT2D eigenvalue weighted by atomic mass is 16.7. The van der Waals surface area contributed by atoms with Crippen LogP contribution in [0.15, 0.2) is 65.2 Å². The Balaban J connectivity index is 1.15. The Morgan fingerprint density at radius 2 is 1.71 bits per heavy atom. The van der Waals surface area contributed by atoms with Crippen LogP contribution in [-0.2, 0) is 35.6 Å². The topological polar surface area (TPSA) is 78.7 Å². The van der Waals surface area contributed by atoms with Gasteiger partial charge in [0.15, 0.2) is 11.9 Å². The quantitative estimate of drug-likeness (QED) is 0.168. The fraction of sp³-hybridized carbons (Fsp3) is 0.472. The molecule has 6 rings (SSSR count). The van der Waals surface area contributed by atoms with Crippen LogP contribution in [0.1, 0.15) is 41.6 Å². The third-order valence-electron chi connectivity index (χ3n) is 8.97. The molecule has 0 aliphatic carbocycles. The third kappa shape index (κ3) is 7.97. The molecule has 4 aromatic rings. The minimum absolute atomic E-state index is 0.0592. The number of hydrogen-bond donors (Lipinski definition) is 0. The van der Waals surface area contributed by atoms with Gasteiger partial charge in [-0.05, 0) is 75.5 Å². The van der Waals surface area contributed by atoms with Crippen LogP contribution in [0.5, 0.6) is 17.2 Å². The van der Waals surface area contributed by atoms with Gasteiger partial charge in [-0.25, -0.2) is 0 Å². The van der Waals surface area contributed by atoms with E-state index in [1.807, 2.05) is 30.3 Å². The lowest BCUT2D eigenvalue weighted by Gasteiger charge is -2.32. The van der Waals surface area contributed by atoms with Gasteiger partial charge in [-0.1, -0.05) is 41.6 Å². The Morgan fingerprint density at radius 3 is 2.47 bits per heavy atom. The summed E-state index contributed by atoms with van der Waals surface area (Å²) in [6, 6.07) is 20.4. The molecule has 2 aliphatic rings. The molecule has 0 spiro atoms. The Bertz CT molecular complexity index is 1510. The second kappa shape index (κ2) is 15.1. The van der Waals surface area contributed by atoms with Crippen molar-refractivity contribution in [3.63, 3.8) is 0 Å². The molecule has 1 aromatic heterocycles. The number of methoxy groups -OCH3 is 2. The van der Waals surface area contributed by atoms with Gasteiger partial charge in [0, 0.05) is 36.7 Å². The molecule has 9 heteroatoms.